The fourth-order valence-corrected chi connectivity index (χ4v) is 2.73. The molecule has 118 valence electrons. The van der Waals surface area contributed by atoms with Crippen molar-refractivity contribution in [3.05, 3.63) is 17.7 Å². The molecule has 1 aliphatic rings. The molecule has 2 unspecified atom stereocenters. The number of nitrogens with one attached hydrogen (secondary N) is 1. The van der Waals surface area contributed by atoms with Crippen LogP contribution in [0.4, 0.5) is 0 Å². The maximum absolute atomic E-state index is 9.81. The summed E-state index contributed by atoms with van der Waals surface area (Å²) in [5, 5.41) is 13.3. The van der Waals surface area contributed by atoms with Gasteiger partial charge >= 0.3 is 0 Å². The van der Waals surface area contributed by atoms with Gasteiger partial charge in [0, 0.05) is 30.1 Å². The van der Waals surface area contributed by atoms with Crippen molar-refractivity contribution >= 4 is 0 Å². The molecule has 2 N–H and O–H groups in total. The highest BCUT2D eigenvalue weighted by Gasteiger charge is 2.46. The van der Waals surface area contributed by atoms with Gasteiger partial charge < -0.3 is 24.6 Å². The summed E-state index contributed by atoms with van der Waals surface area (Å²) in [4.78, 5) is 0. The van der Waals surface area contributed by atoms with Gasteiger partial charge in [-0.05, 0) is 6.42 Å². The Balaban J connectivity index is 2.16. The molecule has 2 rings (SSSR count). The maximum Gasteiger partial charge on any atom is 0.130 e. The van der Waals surface area contributed by atoms with Crippen LogP contribution < -0.4 is 19.5 Å². The molecule has 1 aromatic carbocycles. The van der Waals surface area contributed by atoms with Crippen molar-refractivity contribution in [3.8, 4) is 17.2 Å². The summed E-state index contributed by atoms with van der Waals surface area (Å²) in [7, 11) is 4.88. The van der Waals surface area contributed by atoms with Crippen molar-refractivity contribution in [2.75, 3.05) is 21.3 Å². The average Bonchev–Trinajstić information content (AvgIpc) is 2.50. The lowest BCUT2D eigenvalue weighted by atomic mass is 9.64. The molecule has 0 radical (unpaired) electrons. The van der Waals surface area contributed by atoms with E-state index in [4.69, 9.17) is 14.2 Å². The zero-order chi connectivity index (χ0) is 15.6. The molecule has 0 aliphatic heterocycles. The van der Waals surface area contributed by atoms with Crippen molar-refractivity contribution in [2.45, 2.75) is 39.0 Å². The quantitative estimate of drug-likeness (QED) is 0.840. The van der Waals surface area contributed by atoms with Crippen LogP contribution in [0.2, 0.25) is 0 Å². The highest BCUT2D eigenvalue weighted by molar-refractivity contribution is 5.50. The molecule has 1 fully saturated rings. The number of ether oxygens (including phenoxy) is 3. The van der Waals surface area contributed by atoms with Crippen LogP contribution in [0.25, 0.3) is 0 Å². The lowest BCUT2D eigenvalue weighted by Gasteiger charge is -2.49. The normalized spacial score (nSPS) is 23.3. The highest BCUT2D eigenvalue weighted by atomic mass is 16.5. The van der Waals surface area contributed by atoms with Crippen molar-refractivity contribution in [1.82, 2.24) is 5.32 Å². The third kappa shape index (κ3) is 2.94. The van der Waals surface area contributed by atoms with Crippen molar-refractivity contribution in [2.24, 2.45) is 5.41 Å². The van der Waals surface area contributed by atoms with Crippen molar-refractivity contribution in [1.29, 1.82) is 0 Å². The van der Waals surface area contributed by atoms with Crippen LogP contribution in [0.15, 0.2) is 12.1 Å². The summed E-state index contributed by atoms with van der Waals surface area (Å²) in [6, 6.07) is 3.98. The molecule has 0 amide bonds. The number of methoxy groups -OCH3 is 3. The van der Waals surface area contributed by atoms with Gasteiger partial charge in [-0.3, -0.25) is 0 Å². The molecule has 0 saturated heterocycles. The zero-order valence-corrected chi connectivity index (χ0v) is 13.4. The molecule has 21 heavy (non-hydrogen) atoms. The predicted molar refractivity (Wildman–Crippen MR) is 81.1 cm³/mol. The molecule has 0 aromatic heterocycles. The Bertz CT molecular complexity index is 476. The van der Waals surface area contributed by atoms with Crippen LogP contribution in [-0.2, 0) is 6.54 Å². The standard InChI is InChI=1S/C16H25NO4/c1-16(2)14(8-15(16)18)17-9-11-12(20-4)6-10(19-3)7-13(11)21-5/h6-7,14-15,17-18H,8-9H2,1-5H3. The van der Waals surface area contributed by atoms with E-state index in [0.717, 1.165) is 23.5 Å². The van der Waals surface area contributed by atoms with Gasteiger partial charge in [-0.25, -0.2) is 0 Å². The first-order valence-electron chi connectivity index (χ1n) is 7.14. The first-order valence-corrected chi connectivity index (χ1v) is 7.14. The third-order valence-electron chi connectivity index (χ3n) is 4.56. The van der Waals surface area contributed by atoms with E-state index in [-0.39, 0.29) is 17.6 Å². The van der Waals surface area contributed by atoms with Crippen LogP contribution in [0.1, 0.15) is 25.8 Å². The maximum atomic E-state index is 9.81. The number of hydrogen-bond donors (Lipinski definition) is 2. The van der Waals surface area contributed by atoms with Gasteiger partial charge in [0.15, 0.2) is 0 Å². The Morgan fingerprint density at radius 1 is 1.14 bits per heavy atom. The van der Waals surface area contributed by atoms with E-state index in [1.54, 1.807) is 21.3 Å². The Morgan fingerprint density at radius 2 is 1.71 bits per heavy atom. The van der Waals surface area contributed by atoms with Gasteiger partial charge in [-0.2, -0.15) is 0 Å². The summed E-state index contributed by atoms with van der Waals surface area (Å²) in [6.45, 7) is 4.76. The van der Waals surface area contributed by atoms with E-state index in [9.17, 15) is 5.11 Å². The largest absolute Gasteiger partial charge is 0.496 e. The van der Waals surface area contributed by atoms with E-state index in [1.807, 2.05) is 12.1 Å². The fraction of sp³-hybridized carbons (Fsp3) is 0.625. The molecule has 0 heterocycles. The molecule has 1 aliphatic carbocycles. The Labute approximate surface area is 126 Å². The smallest absolute Gasteiger partial charge is 0.130 e. The lowest BCUT2D eigenvalue weighted by molar-refractivity contribution is -0.0730. The van der Waals surface area contributed by atoms with Gasteiger partial charge in [0.25, 0.3) is 0 Å². The molecule has 1 saturated carbocycles. The number of benzene rings is 1. The van der Waals surface area contributed by atoms with E-state index in [2.05, 4.69) is 19.2 Å². The molecule has 2 atom stereocenters. The first kappa shape index (κ1) is 15.9. The second kappa shape index (κ2) is 6.12. The zero-order valence-electron chi connectivity index (χ0n) is 13.4. The second-order valence-electron chi connectivity index (χ2n) is 6.02. The molecular weight excluding hydrogens is 270 g/mol. The predicted octanol–water partition coefficient (Wildman–Crippen LogP) is 1.96. The monoisotopic (exact) mass is 295 g/mol. The Hall–Kier alpha value is -1.46. The van der Waals surface area contributed by atoms with Crippen LogP contribution >= 0.6 is 0 Å². The molecule has 5 nitrogen and oxygen atoms in total. The third-order valence-corrected chi connectivity index (χ3v) is 4.56. The van der Waals surface area contributed by atoms with Crippen molar-refractivity contribution < 1.29 is 19.3 Å². The number of aliphatic hydroxyl groups is 1. The molecule has 0 spiro atoms. The van der Waals surface area contributed by atoms with Crippen LogP contribution in [0, 0.1) is 5.41 Å². The minimum atomic E-state index is -0.241. The lowest BCUT2D eigenvalue weighted by Crippen LogP contribution is -2.59. The molecular formula is C16H25NO4. The fourth-order valence-electron chi connectivity index (χ4n) is 2.73. The molecule has 0 bridgehead atoms. The van der Waals surface area contributed by atoms with Gasteiger partial charge in [0.2, 0.25) is 0 Å². The number of aliphatic hydroxyl groups excluding tert-OH is 1. The molecule has 5 heteroatoms. The minimum absolute atomic E-state index is 0.104. The van der Waals surface area contributed by atoms with Crippen LogP contribution in [0.5, 0.6) is 17.2 Å². The summed E-state index contributed by atoms with van der Waals surface area (Å²) in [5.74, 6) is 2.17. The van der Waals surface area contributed by atoms with E-state index < -0.39 is 0 Å². The number of rotatable bonds is 6. The van der Waals surface area contributed by atoms with Gasteiger partial charge in [0.05, 0.1) is 33.0 Å². The summed E-state index contributed by atoms with van der Waals surface area (Å²) >= 11 is 0. The van der Waals surface area contributed by atoms with Crippen molar-refractivity contribution in [3.63, 3.8) is 0 Å². The van der Waals surface area contributed by atoms with Crippen LogP contribution in [-0.4, -0.2) is 38.6 Å². The second-order valence-corrected chi connectivity index (χ2v) is 6.02. The average molecular weight is 295 g/mol. The minimum Gasteiger partial charge on any atom is -0.496 e. The van der Waals surface area contributed by atoms with Gasteiger partial charge in [-0.1, -0.05) is 13.8 Å². The van der Waals surface area contributed by atoms with Gasteiger partial charge in [0.1, 0.15) is 17.2 Å². The summed E-state index contributed by atoms with van der Waals surface area (Å²) in [5.41, 5.74) is 0.852. The van der Waals surface area contributed by atoms with Crippen LogP contribution in [0.3, 0.4) is 0 Å². The summed E-state index contributed by atoms with van der Waals surface area (Å²) < 4.78 is 16.1. The highest BCUT2D eigenvalue weighted by Crippen LogP contribution is 2.41. The topological polar surface area (TPSA) is 60.0 Å². The molecule has 1 aromatic rings. The van der Waals surface area contributed by atoms with E-state index in [0.29, 0.717) is 12.3 Å². The van der Waals surface area contributed by atoms with E-state index >= 15 is 0 Å². The SMILES string of the molecule is COc1cc(OC)c(CNC2CC(O)C2(C)C)c(OC)c1. The summed E-state index contributed by atoms with van der Waals surface area (Å²) in [6.07, 6.45) is 0.531. The van der Waals surface area contributed by atoms with Gasteiger partial charge in [-0.15, -0.1) is 0 Å². The van der Waals surface area contributed by atoms with E-state index in [1.165, 1.54) is 0 Å². The Morgan fingerprint density at radius 3 is 2.10 bits per heavy atom. The Kier molecular flexibility index (Phi) is 4.64. The number of hydrogen-bond acceptors (Lipinski definition) is 5. The first-order chi connectivity index (χ1) is 9.93.